The average molecular weight is 267 g/mol. The molecule has 1 amide bonds. The van der Waals surface area contributed by atoms with Gasteiger partial charge in [-0.2, -0.15) is 0 Å². The number of hydrogen-bond donors (Lipinski definition) is 4. The van der Waals surface area contributed by atoms with Crippen molar-refractivity contribution in [3.8, 4) is 5.75 Å². The van der Waals surface area contributed by atoms with Crippen molar-refractivity contribution in [3.63, 3.8) is 0 Å². The first-order valence-corrected chi connectivity index (χ1v) is 5.79. The van der Waals surface area contributed by atoms with E-state index in [1.807, 2.05) is 0 Å². The Labute approximate surface area is 110 Å². The van der Waals surface area contributed by atoms with E-state index < -0.39 is 18.1 Å². The lowest BCUT2D eigenvalue weighted by atomic mass is 10.0. The van der Waals surface area contributed by atoms with Gasteiger partial charge in [0.05, 0.1) is 0 Å². The number of nitrogens with one attached hydrogen (secondary N) is 1. The number of phenols is 1. The van der Waals surface area contributed by atoms with E-state index in [0.29, 0.717) is 12.2 Å². The van der Waals surface area contributed by atoms with Crippen molar-refractivity contribution < 1.29 is 25.0 Å². The molecule has 0 saturated heterocycles. The lowest BCUT2D eigenvalue weighted by molar-refractivity contribution is -0.124. The van der Waals surface area contributed by atoms with Crippen molar-refractivity contribution in [2.45, 2.75) is 19.1 Å². The Balaban J connectivity index is 2.82. The first-order chi connectivity index (χ1) is 9.08. The summed E-state index contributed by atoms with van der Waals surface area (Å²) in [4.78, 5) is 10.9. The Hall–Kier alpha value is -1.89. The third kappa shape index (κ3) is 4.70. The van der Waals surface area contributed by atoms with E-state index in [4.69, 9.17) is 9.94 Å². The van der Waals surface area contributed by atoms with Crippen molar-refractivity contribution in [3.05, 3.63) is 42.0 Å². The van der Waals surface area contributed by atoms with Gasteiger partial charge in [-0.3, -0.25) is 10.0 Å². The van der Waals surface area contributed by atoms with Crippen molar-refractivity contribution >= 4 is 5.91 Å². The van der Waals surface area contributed by atoms with E-state index in [1.54, 1.807) is 19.1 Å². The molecule has 0 spiro atoms. The number of carbonyl (C=O) groups is 1. The molecule has 1 rings (SSSR count). The molecule has 0 unspecified atom stereocenters. The Morgan fingerprint density at radius 3 is 2.58 bits per heavy atom. The van der Waals surface area contributed by atoms with Crippen LogP contribution in [0, 0.1) is 0 Å². The number of benzene rings is 1. The van der Waals surface area contributed by atoms with Crippen LogP contribution >= 0.6 is 0 Å². The zero-order chi connectivity index (χ0) is 14.3. The average Bonchev–Trinajstić information content (AvgIpc) is 2.43. The van der Waals surface area contributed by atoms with Crippen LogP contribution in [0.5, 0.6) is 5.75 Å². The van der Waals surface area contributed by atoms with Crippen LogP contribution in [0.15, 0.2) is 36.4 Å². The van der Waals surface area contributed by atoms with Crippen LogP contribution in [-0.4, -0.2) is 34.0 Å². The molecule has 0 aliphatic heterocycles. The summed E-state index contributed by atoms with van der Waals surface area (Å²) in [7, 11) is 0. The van der Waals surface area contributed by atoms with Gasteiger partial charge in [-0.25, -0.2) is 5.48 Å². The number of hydrogen-bond acceptors (Lipinski definition) is 5. The van der Waals surface area contributed by atoms with E-state index in [1.165, 1.54) is 23.7 Å². The molecule has 0 aliphatic carbocycles. The minimum Gasteiger partial charge on any atom is -0.508 e. The zero-order valence-corrected chi connectivity index (χ0v) is 10.5. The smallest absolute Gasteiger partial charge is 0.267 e. The molecule has 0 aromatic heterocycles. The minimum absolute atomic E-state index is 0.0964. The zero-order valence-electron chi connectivity index (χ0n) is 10.5. The van der Waals surface area contributed by atoms with Crippen molar-refractivity contribution in [2.75, 3.05) is 6.61 Å². The van der Waals surface area contributed by atoms with E-state index in [9.17, 15) is 15.0 Å². The van der Waals surface area contributed by atoms with Crippen LogP contribution in [0.2, 0.25) is 0 Å². The Kier molecular flexibility index (Phi) is 6.01. The van der Waals surface area contributed by atoms with Crippen molar-refractivity contribution in [1.29, 1.82) is 0 Å². The Bertz CT molecular complexity index is 429. The first-order valence-electron chi connectivity index (χ1n) is 5.79. The number of aliphatic hydroxyl groups is 1. The molecule has 0 saturated carbocycles. The predicted octanol–water partition coefficient (Wildman–Crippen LogP) is 0.892. The summed E-state index contributed by atoms with van der Waals surface area (Å²) >= 11 is 0. The maximum absolute atomic E-state index is 10.9. The van der Waals surface area contributed by atoms with Crippen LogP contribution in [0.1, 0.15) is 18.6 Å². The SMILES string of the molecule is CCO[C@@H](/C=C/C(=O)NO)[C@@H](O)c1ccc(O)cc1. The second-order valence-corrected chi connectivity index (χ2v) is 3.79. The molecule has 1 aromatic carbocycles. The van der Waals surface area contributed by atoms with Gasteiger partial charge in [0.2, 0.25) is 0 Å². The summed E-state index contributed by atoms with van der Waals surface area (Å²) in [6.45, 7) is 2.11. The number of rotatable bonds is 6. The quantitative estimate of drug-likeness (QED) is 0.348. The standard InChI is InChI=1S/C13H17NO5/c1-2-19-11(7-8-12(16)14-18)13(17)9-3-5-10(15)6-4-9/h3-8,11,13,15,17-18H,2H2,1H3,(H,14,16)/b8-7+/t11-,13-/m0/s1. The molecule has 6 nitrogen and oxygen atoms in total. The number of hydroxylamine groups is 1. The number of aromatic hydroxyl groups is 1. The topological polar surface area (TPSA) is 99.0 Å². The van der Waals surface area contributed by atoms with Gasteiger partial charge in [-0.15, -0.1) is 0 Å². The molecule has 1 aromatic rings. The molecule has 0 heterocycles. The highest BCUT2D eigenvalue weighted by Gasteiger charge is 2.19. The van der Waals surface area contributed by atoms with Gasteiger partial charge in [0.1, 0.15) is 18.0 Å². The maximum Gasteiger partial charge on any atom is 0.267 e. The number of amides is 1. The maximum atomic E-state index is 10.9. The van der Waals surface area contributed by atoms with Crippen LogP contribution in [0.25, 0.3) is 0 Å². The van der Waals surface area contributed by atoms with Gasteiger partial charge in [-0.05, 0) is 30.7 Å². The molecule has 2 atom stereocenters. The lowest BCUT2D eigenvalue weighted by Gasteiger charge is -2.20. The molecule has 4 N–H and O–H groups in total. The second kappa shape index (κ2) is 7.52. The Morgan fingerprint density at radius 2 is 2.05 bits per heavy atom. The summed E-state index contributed by atoms with van der Waals surface area (Å²) in [6.07, 6.45) is 0.714. The molecule has 104 valence electrons. The molecule has 0 aliphatic rings. The van der Waals surface area contributed by atoms with Crippen molar-refractivity contribution in [1.82, 2.24) is 5.48 Å². The van der Waals surface area contributed by atoms with Gasteiger partial charge >= 0.3 is 0 Å². The largest absolute Gasteiger partial charge is 0.508 e. The van der Waals surface area contributed by atoms with Gasteiger partial charge < -0.3 is 14.9 Å². The molecule has 0 bridgehead atoms. The van der Waals surface area contributed by atoms with Gasteiger partial charge in [-0.1, -0.05) is 12.1 Å². The Morgan fingerprint density at radius 1 is 1.42 bits per heavy atom. The predicted molar refractivity (Wildman–Crippen MR) is 67.5 cm³/mol. The molecule has 0 fully saturated rings. The van der Waals surface area contributed by atoms with Crippen LogP contribution in [0.4, 0.5) is 0 Å². The van der Waals surface area contributed by atoms with E-state index >= 15 is 0 Å². The number of ether oxygens (including phenoxy) is 1. The van der Waals surface area contributed by atoms with Gasteiger partial charge in [0.25, 0.3) is 5.91 Å². The van der Waals surface area contributed by atoms with Crippen molar-refractivity contribution in [2.24, 2.45) is 0 Å². The van der Waals surface area contributed by atoms with E-state index in [-0.39, 0.29) is 5.75 Å². The molecule has 0 radical (unpaired) electrons. The number of phenolic OH excluding ortho intramolecular Hbond substituents is 1. The normalized spacial score (nSPS) is 14.3. The monoisotopic (exact) mass is 267 g/mol. The molecular weight excluding hydrogens is 250 g/mol. The molecular formula is C13H17NO5. The third-order valence-electron chi connectivity index (χ3n) is 2.45. The minimum atomic E-state index is -0.983. The lowest BCUT2D eigenvalue weighted by Crippen LogP contribution is -2.22. The molecule has 6 heteroatoms. The fraction of sp³-hybridized carbons (Fsp3) is 0.308. The molecule has 19 heavy (non-hydrogen) atoms. The highest BCUT2D eigenvalue weighted by Crippen LogP contribution is 2.22. The fourth-order valence-corrected chi connectivity index (χ4v) is 1.53. The second-order valence-electron chi connectivity index (χ2n) is 3.79. The summed E-state index contributed by atoms with van der Waals surface area (Å²) in [5, 5.41) is 27.7. The van der Waals surface area contributed by atoms with E-state index in [2.05, 4.69) is 0 Å². The fourth-order valence-electron chi connectivity index (χ4n) is 1.53. The summed E-state index contributed by atoms with van der Waals surface area (Å²) < 4.78 is 5.32. The number of aliphatic hydroxyl groups excluding tert-OH is 1. The number of carbonyl (C=O) groups excluding carboxylic acids is 1. The van der Waals surface area contributed by atoms with Crippen LogP contribution < -0.4 is 5.48 Å². The highest BCUT2D eigenvalue weighted by atomic mass is 16.5. The van der Waals surface area contributed by atoms with Crippen LogP contribution in [0.3, 0.4) is 0 Å². The van der Waals surface area contributed by atoms with Gasteiger partial charge in [0.15, 0.2) is 0 Å². The van der Waals surface area contributed by atoms with Crippen LogP contribution in [-0.2, 0) is 9.53 Å². The van der Waals surface area contributed by atoms with Gasteiger partial charge in [0, 0.05) is 12.7 Å². The summed E-state index contributed by atoms with van der Waals surface area (Å²) in [5.74, 6) is -0.610. The summed E-state index contributed by atoms with van der Waals surface area (Å²) in [6, 6.07) is 6.02. The third-order valence-corrected chi connectivity index (χ3v) is 2.45. The highest BCUT2D eigenvalue weighted by molar-refractivity contribution is 5.86. The summed E-state index contributed by atoms with van der Waals surface area (Å²) in [5.41, 5.74) is 2.00. The first kappa shape index (κ1) is 15.2. The van der Waals surface area contributed by atoms with E-state index in [0.717, 1.165) is 6.08 Å².